The van der Waals surface area contributed by atoms with Gasteiger partial charge < -0.3 is 14.8 Å². The second-order valence-corrected chi connectivity index (χ2v) is 9.86. The zero-order valence-corrected chi connectivity index (χ0v) is 23.4. The molecule has 1 atom stereocenters. The molecule has 1 aromatic heterocycles. The molecule has 196 valence electrons. The van der Waals surface area contributed by atoms with Crippen molar-refractivity contribution in [1.82, 2.24) is 9.66 Å². The quantitative estimate of drug-likeness (QED) is 0.231. The van der Waals surface area contributed by atoms with Crippen LogP contribution in [-0.4, -0.2) is 35.5 Å². The molecule has 1 amide bonds. The summed E-state index contributed by atoms with van der Waals surface area (Å²) < 4.78 is 13.2. The maximum absolute atomic E-state index is 13.3. The minimum atomic E-state index is -0.340. The molecule has 1 heterocycles. The molecule has 0 fully saturated rings. The normalized spacial score (nSPS) is 12.0. The Labute approximate surface area is 233 Å². The van der Waals surface area contributed by atoms with Crippen LogP contribution in [0, 0.1) is 0 Å². The predicted molar refractivity (Wildman–Crippen MR) is 154 cm³/mol. The highest BCUT2D eigenvalue weighted by Crippen LogP contribution is 2.36. The SMILES string of the molecule is CC[C@H](C)c1nc2ccc(Br)cc2c(=O)n1N=Cc1cc(Cl)c(OCC(=O)Nc2ccccc2)c(OC)c1. The molecule has 0 bridgehead atoms. The summed E-state index contributed by atoms with van der Waals surface area (Å²) in [6, 6.07) is 17.7. The predicted octanol–water partition coefficient (Wildman–Crippen LogP) is 6.23. The number of para-hydroxylation sites is 1. The van der Waals surface area contributed by atoms with E-state index in [4.69, 9.17) is 26.1 Å². The zero-order chi connectivity index (χ0) is 27.2. The molecule has 10 heteroatoms. The van der Waals surface area contributed by atoms with Crippen LogP contribution < -0.4 is 20.3 Å². The molecule has 4 aromatic rings. The van der Waals surface area contributed by atoms with E-state index in [1.165, 1.54) is 18.0 Å². The standard InChI is InChI=1S/C28H26BrClN4O4/c1-4-17(2)27-33-23-11-10-19(29)14-21(23)28(36)34(27)31-15-18-12-22(30)26(24(13-18)37-3)38-16-25(35)32-20-8-6-5-7-9-20/h5-15,17H,4,16H2,1-3H3,(H,32,35)/t17-/m0/s1. The van der Waals surface area contributed by atoms with Gasteiger partial charge in [0.05, 0.1) is 29.2 Å². The first-order chi connectivity index (χ1) is 18.3. The van der Waals surface area contributed by atoms with Crippen LogP contribution >= 0.6 is 27.5 Å². The molecule has 0 aliphatic heterocycles. The summed E-state index contributed by atoms with van der Waals surface area (Å²) in [5, 5.41) is 7.91. The van der Waals surface area contributed by atoms with Crippen LogP contribution in [0.1, 0.15) is 37.6 Å². The van der Waals surface area contributed by atoms with E-state index in [1.54, 1.807) is 30.3 Å². The van der Waals surface area contributed by atoms with Crippen molar-refractivity contribution >= 4 is 56.2 Å². The summed E-state index contributed by atoms with van der Waals surface area (Å²) in [5.74, 6) is 0.771. The van der Waals surface area contributed by atoms with Gasteiger partial charge in [0.2, 0.25) is 0 Å². The number of hydrogen-bond acceptors (Lipinski definition) is 6. The molecule has 0 unspecified atom stereocenters. The van der Waals surface area contributed by atoms with E-state index in [-0.39, 0.29) is 34.8 Å². The summed E-state index contributed by atoms with van der Waals surface area (Å²) in [4.78, 5) is 30.4. The minimum Gasteiger partial charge on any atom is -0.493 e. The number of amides is 1. The molecule has 0 radical (unpaired) electrons. The molecular weight excluding hydrogens is 572 g/mol. The van der Waals surface area contributed by atoms with Crippen LogP contribution in [0.4, 0.5) is 5.69 Å². The van der Waals surface area contributed by atoms with Crippen LogP contribution in [0.25, 0.3) is 10.9 Å². The van der Waals surface area contributed by atoms with Crippen molar-refractivity contribution in [2.75, 3.05) is 19.0 Å². The number of methoxy groups -OCH3 is 1. The number of nitrogens with zero attached hydrogens (tertiary/aromatic N) is 3. The number of rotatable bonds is 9. The highest BCUT2D eigenvalue weighted by molar-refractivity contribution is 9.10. The molecule has 8 nitrogen and oxygen atoms in total. The van der Waals surface area contributed by atoms with E-state index in [0.29, 0.717) is 33.7 Å². The second kappa shape index (κ2) is 12.2. The molecule has 0 saturated heterocycles. The van der Waals surface area contributed by atoms with E-state index in [1.807, 2.05) is 44.2 Å². The molecule has 0 spiro atoms. The Morgan fingerprint density at radius 1 is 1.21 bits per heavy atom. The lowest BCUT2D eigenvalue weighted by Gasteiger charge is -2.15. The van der Waals surface area contributed by atoms with Gasteiger partial charge >= 0.3 is 0 Å². The average molecular weight is 598 g/mol. The van der Waals surface area contributed by atoms with Gasteiger partial charge in [0.25, 0.3) is 11.5 Å². The third-order valence-corrected chi connectivity index (χ3v) is 6.64. The average Bonchev–Trinajstić information content (AvgIpc) is 2.91. The van der Waals surface area contributed by atoms with Crippen molar-refractivity contribution in [2.24, 2.45) is 5.10 Å². The smallest absolute Gasteiger partial charge is 0.282 e. The van der Waals surface area contributed by atoms with Gasteiger partial charge in [0.1, 0.15) is 5.82 Å². The van der Waals surface area contributed by atoms with Gasteiger partial charge in [-0.3, -0.25) is 9.59 Å². The second-order valence-electron chi connectivity index (χ2n) is 8.54. The van der Waals surface area contributed by atoms with Crippen LogP contribution in [0.15, 0.2) is 75.0 Å². The Morgan fingerprint density at radius 3 is 2.68 bits per heavy atom. The summed E-state index contributed by atoms with van der Waals surface area (Å²) in [5.41, 5.74) is 1.57. The number of aromatic nitrogens is 2. The van der Waals surface area contributed by atoms with E-state index < -0.39 is 0 Å². The first-order valence-electron chi connectivity index (χ1n) is 11.9. The lowest BCUT2D eigenvalue weighted by atomic mass is 10.1. The van der Waals surface area contributed by atoms with Gasteiger partial charge in [0.15, 0.2) is 18.1 Å². The van der Waals surface area contributed by atoms with Crippen molar-refractivity contribution in [2.45, 2.75) is 26.2 Å². The Morgan fingerprint density at radius 2 is 1.97 bits per heavy atom. The summed E-state index contributed by atoms with van der Waals surface area (Å²) >= 11 is 9.90. The number of halogens is 2. The topological polar surface area (TPSA) is 94.8 Å². The van der Waals surface area contributed by atoms with Crippen molar-refractivity contribution < 1.29 is 14.3 Å². The Hall–Kier alpha value is -3.69. The fourth-order valence-corrected chi connectivity index (χ4v) is 4.35. The highest BCUT2D eigenvalue weighted by Gasteiger charge is 2.17. The molecule has 3 aromatic carbocycles. The number of benzene rings is 3. The van der Waals surface area contributed by atoms with Crippen LogP contribution in [0.5, 0.6) is 11.5 Å². The summed E-state index contributed by atoms with van der Waals surface area (Å²) in [7, 11) is 1.47. The number of anilines is 1. The van der Waals surface area contributed by atoms with Crippen molar-refractivity contribution in [3.05, 3.63) is 91.9 Å². The first kappa shape index (κ1) is 27.3. The van der Waals surface area contributed by atoms with Gasteiger partial charge in [0, 0.05) is 16.1 Å². The molecule has 1 N–H and O–H groups in total. The number of ether oxygens (including phenoxy) is 2. The number of fused-ring (bicyclic) bond motifs is 1. The lowest BCUT2D eigenvalue weighted by Crippen LogP contribution is -2.23. The Balaban J connectivity index is 1.62. The summed E-state index contributed by atoms with van der Waals surface area (Å²) in [6.45, 7) is 3.77. The number of carbonyl (C=O) groups excluding carboxylic acids is 1. The van der Waals surface area contributed by atoms with Crippen molar-refractivity contribution in [1.29, 1.82) is 0 Å². The third kappa shape index (κ3) is 6.23. The highest BCUT2D eigenvalue weighted by atomic mass is 79.9. The Kier molecular flexibility index (Phi) is 8.81. The van der Waals surface area contributed by atoms with Crippen molar-refractivity contribution in [3.63, 3.8) is 0 Å². The van der Waals surface area contributed by atoms with E-state index in [9.17, 15) is 9.59 Å². The zero-order valence-electron chi connectivity index (χ0n) is 21.1. The fourth-order valence-electron chi connectivity index (χ4n) is 3.71. The van der Waals surface area contributed by atoms with E-state index in [2.05, 4.69) is 26.3 Å². The molecule has 0 aliphatic rings. The number of carbonyl (C=O) groups is 1. The van der Waals surface area contributed by atoms with E-state index >= 15 is 0 Å². The molecular formula is C28H26BrClN4O4. The molecule has 0 aliphatic carbocycles. The van der Waals surface area contributed by atoms with Gasteiger partial charge in [-0.15, -0.1) is 0 Å². The minimum absolute atomic E-state index is 0.00355. The van der Waals surface area contributed by atoms with Gasteiger partial charge in [-0.25, -0.2) is 4.98 Å². The lowest BCUT2D eigenvalue weighted by molar-refractivity contribution is -0.118. The van der Waals surface area contributed by atoms with Gasteiger partial charge in [-0.2, -0.15) is 9.78 Å². The van der Waals surface area contributed by atoms with Crippen LogP contribution in [0.2, 0.25) is 5.02 Å². The van der Waals surface area contributed by atoms with Crippen molar-refractivity contribution in [3.8, 4) is 11.5 Å². The molecule has 4 rings (SSSR count). The monoisotopic (exact) mass is 596 g/mol. The maximum atomic E-state index is 13.3. The maximum Gasteiger partial charge on any atom is 0.282 e. The molecule has 0 saturated carbocycles. The fraction of sp³-hybridized carbons (Fsp3) is 0.214. The van der Waals surface area contributed by atoms with E-state index in [0.717, 1.165) is 10.9 Å². The van der Waals surface area contributed by atoms with Crippen LogP contribution in [0.3, 0.4) is 0 Å². The van der Waals surface area contributed by atoms with Crippen LogP contribution in [-0.2, 0) is 4.79 Å². The first-order valence-corrected chi connectivity index (χ1v) is 13.1. The molecule has 38 heavy (non-hydrogen) atoms. The van der Waals surface area contributed by atoms with Gasteiger partial charge in [-0.1, -0.05) is 59.6 Å². The Bertz CT molecular complexity index is 1560. The number of nitrogens with one attached hydrogen (secondary N) is 1. The largest absolute Gasteiger partial charge is 0.493 e. The number of hydrogen-bond donors (Lipinski definition) is 1. The third-order valence-electron chi connectivity index (χ3n) is 5.87. The van der Waals surface area contributed by atoms with Gasteiger partial charge in [-0.05, 0) is 54.4 Å². The summed E-state index contributed by atoms with van der Waals surface area (Å²) in [6.07, 6.45) is 2.30.